The molecule has 288 valence electrons. The maximum atomic E-state index is 15.6. The maximum absolute atomic E-state index is 15.6. The van der Waals surface area contributed by atoms with Crippen molar-refractivity contribution in [3.8, 4) is 23.2 Å². The Kier molecular flexibility index (Phi) is 9.44. The summed E-state index contributed by atoms with van der Waals surface area (Å²) in [4.78, 5) is 25.7. The number of alkyl halides is 7. The number of nitrogen functional groups attached to an aromatic ring is 1. The van der Waals surface area contributed by atoms with Gasteiger partial charge in [0.1, 0.15) is 35.5 Å². The molecule has 0 radical (unpaired) electrons. The minimum absolute atomic E-state index is 0.0264. The van der Waals surface area contributed by atoms with E-state index in [4.69, 9.17) is 15.2 Å². The Morgan fingerprint density at radius 1 is 1.17 bits per heavy atom. The van der Waals surface area contributed by atoms with Crippen LogP contribution in [0.2, 0.25) is 0 Å². The Balaban J connectivity index is 1.53. The number of nitriles is 1. The number of likely N-dealkylation sites (N-methyl/N-ethyl adjacent to an activating group) is 1. The zero-order valence-electron chi connectivity index (χ0n) is 28.9. The highest BCUT2D eigenvalue weighted by atomic mass is 32.1. The number of likely N-dealkylation sites (tertiary alicyclic amines) is 1. The molecule has 19 heteroatoms. The number of aromatic nitrogens is 2. The lowest BCUT2D eigenvalue weighted by molar-refractivity contribution is -0.141. The van der Waals surface area contributed by atoms with Gasteiger partial charge in [0.25, 0.3) is 0 Å². The second-order valence-corrected chi connectivity index (χ2v) is 14.7. The number of thiophene rings is 1. The van der Waals surface area contributed by atoms with Gasteiger partial charge in [-0.15, -0.1) is 11.3 Å². The summed E-state index contributed by atoms with van der Waals surface area (Å²) in [6.07, 6.45) is -11.1. The highest BCUT2D eigenvalue weighted by Crippen LogP contribution is 2.52. The molecule has 3 fully saturated rings. The van der Waals surface area contributed by atoms with Gasteiger partial charge in [0.15, 0.2) is 0 Å². The molecule has 10 nitrogen and oxygen atoms in total. The number of ether oxygens (including phenoxy) is 2. The van der Waals surface area contributed by atoms with E-state index in [0.717, 1.165) is 18.6 Å². The highest BCUT2D eigenvalue weighted by Gasteiger charge is 2.50. The van der Waals surface area contributed by atoms with Crippen molar-refractivity contribution in [1.29, 1.82) is 5.26 Å². The molecule has 3 aliphatic rings. The number of nitrogens with two attached hydrogens (primary N) is 1. The topological polar surface area (TPSA) is 121 Å². The van der Waals surface area contributed by atoms with Gasteiger partial charge in [-0.1, -0.05) is 6.07 Å². The number of hydrogen-bond acceptors (Lipinski definition) is 10. The number of hydrogen-bond donors (Lipinski definition) is 1. The first-order valence-electron chi connectivity index (χ1n) is 17.1. The Hall–Kier alpha value is -4.70. The van der Waals surface area contributed by atoms with Crippen molar-refractivity contribution in [3.05, 3.63) is 40.7 Å². The lowest BCUT2D eigenvalue weighted by atomic mass is 9.88. The largest absolute Gasteiger partial charge is 0.461 e. The van der Waals surface area contributed by atoms with Crippen LogP contribution in [-0.2, 0) is 17.1 Å². The molecule has 7 rings (SSSR count). The van der Waals surface area contributed by atoms with E-state index in [-0.39, 0.29) is 56.4 Å². The molecule has 1 amide bonds. The minimum atomic E-state index is -5.52. The van der Waals surface area contributed by atoms with E-state index in [0.29, 0.717) is 30.4 Å². The van der Waals surface area contributed by atoms with Gasteiger partial charge in [-0.25, -0.2) is 13.6 Å². The van der Waals surface area contributed by atoms with E-state index >= 15 is 30.7 Å². The molecule has 0 aliphatic carbocycles. The van der Waals surface area contributed by atoms with E-state index < -0.39 is 96.8 Å². The van der Waals surface area contributed by atoms with Gasteiger partial charge >= 0.3 is 24.5 Å². The third kappa shape index (κ3) is 6.26. The predicted octanol–water partition coefficient (Wildman–Crippen LogP) is 7.76. The zero-order valence-corrected chi connectivity index (χ0v) is 29.7. The SMILES string of the molecule is CCN(c1nc(OC[C@@]23CCCN2C[C@H](F)C3)nc2c(C(F)(F)F)c(-c3ccc(F)c4sc(N)c(C#N)c34)c(C(F)(F)F)cc12)[C@H]1CCN(C(=O)OC)C1. The molecule has 0 saturated carbocycles. The molecule has 0 bridgehead atoms. The van der Waals surface area contributed by atoms with E-state index in [9.17, 15) is 14.4 Å². The summed E-state index contributed by atoms with van der Waals surface area (Å²) < 4.78 is 133. The van der Waals surface area contributed by atoms with Crippen molar-refractivity contribution in [2.45, 2.75) is 62.7 Å². The number of carbonyl (C=O) groups excluding carboxylic acids is 1. The minimum Gasteiger partial charge on any atom is -0.461 e. The molecule has 2 N–H and O–H groups in total. The fourth-order valence-electron chi connectivity index (χ4n) is 8.32. The number of fused-ring (bicyclic) bond motifs is 3. The summed E-state index contributed by atoms with van der Waals surface area (Å²) in [5.41, 5.74) is -1.93. The van der Waals surface area contributed by atoms with Crippen LogP contribution >= 0.6 is 11.3 Å². The van der Waals surface area contributed by atoms with Crippen LogP contribution in [0, 0.1) is 17.1 Å². The van der Waals surface area contributed by atoms with Crippen LogP contribution in [-0.4, -0.2) is 90.1 Å². The van der Waals surface area contributed by atoms with Gasteiger partial charge in [-0.3, -0.25) is 4.90 Å². The third-order valence-electron chi connectivity index (χ3n) is 10.6. The van der Waals surface area contributed by atoms with Crippen LogP contribution in [0.3, 0.4) is 0 Å². The number of carbonyl (C=O) groups is 1. The van der Waals surface area contributed by atoms with Crippen molar-refractivity contribution in [3.63, 3.8) is 0 Å². The average Bonchev–Trinajstić information content (AvgIpc) is 3.88. The van der Waals surface area contributed by atoms with Gasteiger partial charge in [0.05, 0.1) is 39.6 Å². The number of halogens is 8. The van der Waals surface area contributed by atoms with Crippen molar-refractivity contribution in [2.24, 2.45) is 0 Å². The van der Waals surface area contributed by atoms with Gasteiger partial charge in [-0.2, -0.15) is 41.6 Å². The first kappa shape index (κ1) is 37.6. The van der Waals surface area contributed by atoms with Gasteiger partial charge in [0.2, 0.25) is 0 Å². The molecular formula is C35H33F8N7O3S. The first-order chi connectivity index (χ1) is 25.5. The Labute approximate surface area is 307 Å². The number of methoxy groups -OCH3 is 1. The van der Waals surface area contributed by atoms with E-state index in [1.807, 2.05) is 4.90 Å². The van der Waals surface area contributed by atoms with E-state index in [1.165, 1.54) is 16.9 Å². The molecule has 0 unspecified atom stereocenters. The van der Waals surface area contributed by atoms with Crippen LogP contribution in [0.1, 0.15) is 49.3 Å². The fourth-order valence-corrected chi connectivity index (χ4v) is 9.27. The van der Waals surface area contributed by atoms with Gasteiger partial charge in [-0.05, 0) is 50.4 Å². The van der Waals surface area contributed by atoms with Crippen LogP contribution in [0.4, 0.5) is 50.7 Å². The number of benzene rings is 2. The molecule has 2 aromatic heterocycles. The van der Waals surface area contributed by atoms with Crippen LogP contribution in [0.25, 0.3) is 32.1 Å². The van der Waals surface area contributed by atoms with Crippen LogP contribution in [0.5, 0.6) is 6.01 Å². The number of anilines is 2. The Morgan fingerprint density at radius 3 is 2.59 bits per heavy atom. The molecular weight excluding hydrogens is 750 g/mol. The van der Waals surface area contributed by atoms with Gasteiger partial charge in [0, 0.05) is 55.0 Å². The molecule has 54 heavy (non-hydrogen) atoms. The average molecular weight is 784 g/mol. The highest BCUT2D eigenvalue weighted by molar-refractivity contribution is 7.23. The summed E-state index contributed by atoms with van der Waals surface area (Å²) in [7, 11) is 1.18. The molecule has 3 aliphatic heterocycles. The lowest BCUT2D eigenvalue weighted by Crippen LogP contribution is -2.43. The molecule has 4 aromatic rings. The van der Waals surface area contributed by atoms with Gasteiger partial charge < -0.3 is 25.0 Å². The van der Waals surface area contributed by atoms with Crippen molar-refractivity contribution in [2.75, 3.05) is 57.1 Å². The summed E-state index contributed by atoms with van der Waals surface area (Å²) in [5.74, 6) is -1.30. The maximum Gasteiger partial charge on any atom is 0.419 e. The standard InChI is InChI=1S/C35H33F8N7O3S/c1-3-50(18-7-10-48(15-18)32(51)52-2)30-20-11-22(34(38,39)40)25(19-5-6-23(37)28-24(19)21(13-44)29(45)54-28)26(35(41,42)43)27(20)46-31(47-30)53-16-33-8-4-9-49(33)14-17(36)12-33/h5-6,11,17-18H,3-4,7-10,12,14-16,45H2,1-2H3/t17-,18+,33+/m1/s1. The van der Waals surface area contributed by atoms with Crippen molar-refractivity contribution < 1.29 is 49.4 Å². The predicted molar refractivity (Wildman–Crippen MR) is 183 cm³/mol. The number of amides is 1. The lowest BCUT2D eigenvalue weighted by Gasteiger charge is -2.32. The zero-order chi connectivity index (χ0) is 38.9. The smallest absolute Gasteiger partial charge is 0.419 e. The first-order valence-corrected chi connectivity index (χ1v) is 17.9. The molecule has 0 spiro atoms. The van der Waals surface area contributed by atoms with E-state index in [1.54, 1.807) is 13.0 Å². The van der Waals surface area contributed by atoms with Crippen LogP contribution in [0.15, 0.2) is 18.2 Å². The monoisotopic (exact) mass is 783 g/mol. The van der Waals surface area contributed by atoms with E-state index in [2.05, 4.69) is 9.97 Å². The molecule has 2 aromatic carbocycles. The number of rotatable bonds is 7. The van der Waals surface area contributed by atoms with Crippen molar-refractivity contribution >= 4 is 49.2 Å². The quantitative estimate of drug-likeness (QED) is 0.188. The van der Waals surface area contributed by atoms with Crippen LogP contribution < -0.4 is 15.4 Å². The Bertz CT molecular complexity index is 2190. The fraction of sp³-hybridized carbons (Fsp3) is 0.486. The number of nitrogens with zero attached hydrogens (tertiary/aromatic N) is 6. The summed E-state index contributed by atoms with van der Waals surface area (Å²) >= 11 is 0.522. The second kappa shape index (κ2) is 13.6. The third-order valence-corrected chi connectivity index (χ3v) is 11.6. The Morgan fingerprint density at radius 2 is 1.93 bits per heavy atom. The molecule has 3 saturated heterocycles. The molecule has 5 heterocycles. The summed E-state index contributed by atoms with van der Waals surface area (Å²) in [5, 5.41) is 8.46. The summed E-state index contributed by atoms with van der Waals surface area (Å²) in [6, 6.07) is 2.50. The molecule has 3 atom stereocenters. The summed E-state index contributed by atoms with van der Waals surface area (Å²) in [6.45, 7) is 2.43. The normalized spacial score (nSPS) is 21.9. The van der Waals surface area contributed by atoms with Crippen molar-refractivity contribution in [1.82, 2.24) is 19.8 Å². The second-order valence-electron chi connectivity index (χ2n) is 13.7.